The summed E-state index contributed by atoms with van der Waals surface area (Å²) in [4.78, 5) is 18.5. The van der Waals surface area contributed by atoms with Crippen molar-refractivity contribution in [3.8, 4) is 0 Å². The van der Waals surface area contributed by atoms with E-state index in [9.17, 15) is 4.79 Å². The summed E-state index contributed by atoms with van der Waals surface area (Å²) in [6, 6.07) is 37.0. The van der Waals surface area contributed by atoms with Gasteiger partial charge in [-0.15, -0.1) is 0 Å². The van der Waals surface area contributed by atoms with Crippen LogP contribution in [0.3, 0.4) is 0 Å². The molecule has 0 aromatic heterocycles. The lowest BCUT2D eigenvalue weighted by Crippen LogP contribution is -2.08. The van der Waals surface area contributed by atoms with E-state index in [1.807, 2.05) is 88.9 Å². The van der Waals surface area contributed by atoms with Crippen LogP contribution in [0, 0.1) is 0 Å². The summed E-state index contributed by atoms with van der Waals surface area (Å²) in [6.07, 6.45) is 0. The van der Waals surface area contributed by atoms with Crippen LogP contribution < -0.4 is 9.80 Å². The number of hydrogen-bond donors (Lipinski definition) is 0. The highest BCUT2D eigenvalue weighted by Gasteiger charge is 2.35. The summed E-state index contributed by atoms with van der Waals surface area (Å²) in [7, 11) is 8.14. The first kappa shape index (κ1) is 23.4. The van der Waals surface area contributed by atoms with Crippen LogP contribution in [-0.2, 0) is 4.79 Å². The maximum atomic E-state index is 14.3. The van der Waals surface area contributed by atoms with Crippen molar-refractivity contribution in [2.24, 2.45) is 0 Å². The second-order valence-corrected chi connectivity index (χ2v) is 9.44. The third-order valence-electron chi connectivity index (χ3n) is 6.67. The molecule has 0 amide bonds. The molecular formula is C33H30N2O. The molecule has 0 unspecified atom stereocenters. The van der Waals surface area contributed by atoms with E-state index >= 15 is 0 Å². The predicted molar refractivity (Wildman–Crippen MR) is 153 cm³/mol. The molecule has 3 nitrogen and oxygen atoms in total. The van der Waals surface area contributed by atoms with Gasteiger partial charge in [0.2, 0.25) is 0 Å². The van der Waals surface area contributed by atoms with E-state index in [4.69, 9.17) is 0 Å². The topological polar surface area (TPSA) is 23.6 Å². The Morgan fingerprint density at radius 1 is 0.389 bits per heavy atom. The molecule has 36 heavy (non-hydrogen) atoms. The SMILES string of the molecule is CN(C)c1ccc(C2=C(c3ccccc3)C(=O)C(c3ccccc3)=C2c2ccc(N(C)C)cc2)cc1. The molecule has 4 aromatic carbocycles. The van der Waals surface area contributed by atoms with Crippen molar-refractivity contribution in [2.45, 2.75) is 0 Å². The summed E-state index contributed by atoms with van der Waals surface area (Å²) in [6.45, 7) is 0. The number of allylic oxidation sites excluding steroid dienone is 4. The number of ketones is 1. The summed E-state index contributed by atoms with van der Waals surface area (Å²) in [5.74, 6) is 0.0609. The molecular weight excluding hydrogens is 440 g/mol. The van der Waals surface area contributed by atoms with Crippen molar-refractivity contribution in [2.75, 3.05) is 38.0 Å². The van der Waals surface area contributed by atoms with Crippen LogP contribution in [0.5, 0.6) is 0 Å². The van der Waals surface area contributed by atoms with Gasteiger partial charge in [0.1, 0.15) is 0 Å². The van der Waals surface area contributed by atoms with E-state index in [2.05, 4.69) is 58.3 Å². The molecule has 1 aliphatic carbocycles. The van der Waals surface area contributed by atoms with E-state index < -0.39 is 0 Å². The number of carbonyl (C=O) groups excluding carboxylic acids is 1. The van der Waals surface area contributed by atoms with Gasteiger partial charge in [-0.25, -0.2) is 0 Å². The summed E-state index contributed by atoms with van der Waals surface area (Å²) >= 11 is 0. The largest absolute Gasteiger partial charge is 0.378 e. The lowest BCUT2D eigenvalue weighted by atomic mass is 9.89. The first-order valence-electron chi connectivity index (χ1n) is 12.2. The van der Waals surface area contributed by atoms with E-state index in [0.29, 0.717) is 0 Å². The summed E-state index contributed by atoms with van der Waals surface area (Å²) < 4.78 is 0. The van der Waals surface area contributed by atoms with Gasteiger partial charge in [-0.3, -0.25) is 4.79 Å². The zero-order valence-corrected chi connectivity index (χ0v) is 21.2. The normalized spacial score (nSPS) is 13.4. The molecule has 1 aliphatic rings. The maximum Gasteiger partial charge on any atom is 0.195 e. The fourth-order valence-electron chi connectivity index (χ4n) is 4.79. The van der Waals surface area contributed by atoms with Gasteiger partial charge in [-0.1, -0.05) is 84.9 Å². The van der Waals surface area contributed by atoms with Crippen molar-refractivity contribution < 1.29 is 4.79 Å². The molecule has 0 heterocycles. The van der Waals surface area contributed by atoms with Gasteiger partial charge in [0.25, 0.3) is 0 Å². The summed E-state index contributed by atoms with van der Waals surface area (Å²) in [5, 5.41) is 0. The van der Waals surface area contributed by atoms with Crippen molar-refractivity contribution in [3.05, 3.63) is 131 Å². The molecule has 0 fully saturated rings. The number of nitrogens with zero attached hydrogens (tertiary/aromatic N) is 2. The second-order valence-electron chi connectivity index (χ2n) is 9.44. The van der Waals surface area contributed by atoms with Crippen molar-refractivity contribution >= 4 is 39.5 Å². The van der Waals surface area contributed by atoms with Crippen molar-refractivity contribution in [1.29, 1.82) is 0 Å². The maximum absolute atomic E-state index is 14.3. The van der Waals surface area contributed by atoms with Crippen LogP contribution >= 0.6 is 0 Å². The molecule has 0 saturated carbocycles. The fourth-order valence-corrected chi connectivity index (χ4v) is 4.79. The molecule has 178 valence electrons. The van der Waals surface area contributed by atoms with Crippen LogP contribution in [0.2, 0.25) is 0 Å². The smallest absolute Gasteiger partial charge is 0.195 e. The quantitative estimate of drug-likeness (QED) is 0.305. The number of carbonyl (C=O) groups is 1. The first-order valence-corrected chi connectivity index (χ1v) is 12.2. The van der Waals surface area contributed by atoms with E-state index in [1.54, 1.807) is 0 Å². The number of hydrogen-bond acceptors (Lipinski definition) is 3. The molecule has 0 atom stereocenters. The molecule has 0 spiro atoms. The van der Waals surface area contributed by atoms with Gasteiger partial charge in [-0.2, -0.15) is 0 Å². The van der Waals surface area contributed by atoms with E-state index in [0.717, 1.165) is 55.9 Å². The van der Waals surface area contributed by atoms with E-state index in [1.165, 1.54) is 0 Å². The lowest BCUT2D eigenvalue weighted by Gasteiger charge is -2.17. The van der Waals surface area contributed by atoms with Gasteiger partial charge in [0.05, 0.1) is 0 Å². The van der Waals surface area contributed by atoms with Crippen molar-refractivity contribution in [3.63, 3.8) is 0 Å². The number of anilines is 2. The highest BCUT2D eigenvalue weighted by molar-refractivity contribution is 6.59. The highest BCUT2D eigenvalue weighted by Crippen LogP contribution is 2.49. The fraction of sp³-hybridized carbons (Fsp3) is 0.121. The molecule has 0 aliphatic heterocycles. The number of rotatable bonds is 6. The minimum absolute atomic E-state index is 0.0609. The average molecular weight is 471 g/mol. The van der Waals surface area contributed by atoms with Gasteiger partial charge in [0, 0.05) is 61.9 Å². The molecule has 4 aromatic rings. The van der Waals surface area contributed by atoms with Crippen LogP contribution in [0.25, 0.3) is 22.3 Å². The number of benzene rings is 4. The zero-order chi connectivity index (χ0) is 25.2. The Morgan fingerprint density at radius 2 is 0.694 bits per heavy atom. The lowest BCUT2D eigenvalue weighted by molar-refractivity contribution is -0.108. The van der Waals surface area contributed by atoms with Crippen LogP contribution in [-0.4, -0.2) is 34.0 Å². The zero-order valence-electron chi connectivity index (χ0n) is 21.2. The van der Waals surface area contributed by atoms with Gasteiger partial charge in [-0.05, 0) is 46.5 Å². The minimum atomic E-state index is 0.0609. The molecule has 0 saturated heterocycles. The van der Waals surface area contributed by atoms with Gasteiger partial charge in [0.15, 0.2) is 5.78 Å². The molecule has 0 N–H and O–H groups in total. The number of Topliss-reactive ketones (excluding diaryl/α,β-unsaturated/α-hetero) is 1. The monoisotopic (exact) mass is 470 g/mol. The first-order chi connectivity index (χ1) is 17.5. The Morgan fingerprint density at radius 3 is 1.00 bits per heavy atom. The third kappa shape index (κ3) is 4.25. The molecule has 5 rings (SSSR count). The van der Waals surface area contributed by atoms with Crippen LogP contribution in [0.1, 0.15) is 22.3 Å². The second kappa shape index (κ2) is 9.71. The van der Waals surface area contributed by atoms with Crippen molar-refractivity contribution in [1.82, 2.24) is 0 Å². The predicted octanol–water partition coefficient (Wildman–Crippen LogP) is 6.92. The van der Waals surface area contributed by atoms with Gasteiger partial charge < -0.3 is 9.80 Å². The van der Waals surface area contributed by atoms with Crippen LogP contribution in [0.15, 0.2) is 109 Å². The van der Waals surface area contributed by atoms with Gasteiger partial charge >= 0.3 is 0 Å². The van der Waals surface area contributed by atoms with E-state index in [-0.39, 0.29) is 5.78 Å². The Labute approximate surface area is 213 Å². The third-order valence-corrected chi connectivity index (χ3v) is 6.67. The average Bonchev–Trinajstić information content (AvgIpc) is 3.22. The Balaban J connectivity index is 1.82. The Hall–Kier alpha value is -4.37. The Kier molecular flexibility index (Phi) is 6.30. The summed E-state index contributed by atoms with van der Waals surface area (Å²) in [5.41, 5.74) is 9.63. The molecule has 0 bridgehead atoms. The Bertz CT molecular complexity index is 1330. The standard InChI is InChI=1S/C33H30N2O/c1-34(2)27-19-15-25(16-20-27)29-30(26-17-21-28(22-18-26)35(3)4)32(24-13-9-6-10-14-24)33(36)31(29)23-11-7-5-8-12-23/h5-22H,1-4H3. The highest BCUT2D eigenvalue weighted by atomic mass is 16.1. The molecule has 3 heteroatoms. The molecule has 0 radical (unpaired) electrons. The minimum Gasteiger partial charge on any atom is -0.378 e. The van der Waals surface area contributed by atoms with Crippen LogP contribution in [0.4, 0.5) is 11.4 Å².